The molecule has 0 radical (unpaired) electrons. The fourth-order valence-corrected chi connectivity index (χ4v) is 0.856. The Bertz CT molecular complexity index is 274. The van der Waals surface area contributed by atoms with Crippen LogP contribution in [0, 0.1) is 0 Å². The number of carbonyl (C=O) groups excluding carboxylic acids is 2. The van der Waals surface area contributed by atoms with E-state index in [2.05, 4.69) is 9.47 Å². The Labute approximate surface area is 98.6 Å². The highest BCUT2D eigenvalue weighted by Crippen LogP contribution is 2.00. The minimum atomic E-state index is -1.10. The standard InChI is InChI=1S/C10H16O7/c1-7(10(14)16-6-5-15-2)17-9(13)4-3-8(11)12/h7H,3-6H2,1-2H3,(H,11,12). The third-order valence-electron chi connectivity index (χ3n) is 1.71. The zero-order valence-corrected chi connectivity index (χ0v) is 9.80. The first-order valence-corrected chi connectivity index (χ1v) is 5.04. The van der Waals surface area contributed by atoms with Crippen molar-refractivity contribution in [1.82, 2.24) is 0 Å². The van der Waals surface area contributed by atoms with Crippen LogP contribution < -0.4 is 0 Å². The van der Waals surface area contributed by atoms with E-state index >= 15 is 0 Å². The van der Waals surface area contributed by atoms with Crippen LogP contribution in [0.5, 0.6) is 0 Å². The van der Waals surface area contributed by atoms with E-state index in [1.54, 1.807) is 0 Å². The summed E-state index contributed by atoms with van der Waals surface area (Å²) in [6, 6.07) is 0. The number of hydrogen-bond acceptors (Lipinski definition) is 6. The predicted molar refractivity (Wildman–Crippen MR) is 55.3 cm³/mol. The Hall–Kier alpha value is -1.63. The molecule has 7 heteroatoms. The normalized spacial score (nSPS) is 11.6. The Kier molecular flexibility index (Phi) is 7.70. The van der Waals surface area contributed by atoms with Gasteiger partial charge in [-0.05, 0) is 6.92 Å². The molecule has 0 saturated carbocycles. The van der Waals surface area contributed by atoms with Gasteiger partial charge in [-0.3, -0.25) is 9.59 Å². The van der Waals surface area contributed by atoms with Crippen LogP contribution >= 0.6 is 0 Å². The number of esters is 2. The zero-order chi connectivity index (χ0) is 13.3. The van der Waals surface area contributed by atoms with Crippen molar-refractivity contribution < 1.29 is 33.7 Å². The van der Waals surface area contributed by atoms with Crippen molar-refractivity contribution in [3.63, 3.8) is 0 Å². The highest BCUT2D eigenvalue weighted by molar-refractivity contribution is 5.81. The van der Waals surface area contributed by atoms with Gasteiger partial charge in [0, 0.05) is 7.11 Å². The van der Waals surface area contributed by atoms with Crippen LogP contribution in [-0.4, -0.2) is 49.4 Å². The first-order valence-electron chi connectivity index (χ1n) is 5.04. The van der Waals surface area contributed by atoms with Crippen LogP contribution in [0.3, 0.4) is 0 Å². The molecule has 0 aromatic rings. The lowest BCUT2D eigenvalue weighted by molar-refractivity contribution is -0.167. The molecule has 0 bridgehead atoms. The Morgan fingerprint density at radius 1 is 1.18 bits per heavy atom. The second kappa shape index (κ2) is 8.51. The van der Waals surface area contributed by atoms with E-state index in [-0.39, 0.29) is 26.1 Å². The van der Waals surface area contributed by atoms with Gasteiger partial charge in [-0.2, -0.15) is 0 Å². The SMILES string of the molecule is COCCOC(=O)C(C)OC(=O)CCC(=O)O. The number of aliphatic carboxylic acids is 1. The maximum absolute atomic E-state index is 11.2. The van der Waals surface area contributed by atoms with Gasteiger partial charge >= 0.3 is 17.9 Å². The molecule has 0 spiro atoms. The fraction of sp³-hybridized carbons (Fsp3) is 0.700. The second-order valence-electron chi connectivity index (χ2n) is 3.19. The van der Waals surface area contributed by atoms with Gasteiger partial charge in [-0.25, -0.2) is 4.79 Å². The molecule has 0 saturated heterocycles. The monoisotopic (exact) mass is 248 g/mol. The number of hydrogen-bond donors (Lipinski definition) is 1. The van der Waals surface area contributed by atoms with Gasteiger partial charge in [0.05, 0.1) is 19.4 Å². The van der Waals surface area contributed by atoms with Gasteiger partial charge in [0.1, 0.15) is 6.61 Å². The summed E-state index contributed by atoms with van der Waals surface area (Å²) in [4.78, 5) is 32.5. The van der Waals surface area contributed by atoms with E-state index in [0.29, 0.717) is 0 Å². The molecule has 98 valence electrons. The molecule has 0 aromatic carbocycles. The molecule has 1 atom stereocenters. The van der Waals surface area contributed by atoms with Gasteiger partial charge in [0.2, 0.25) is 0 Å². The third kappa shape index (κ3) is 8.21. The Morgan fingerprint density at radius 3 is 2.35 bits per heavy atom. The van der Waals surface area contributed by atoms with Crippen molar-refractivity contribution in [3.8, 4) is 0 Å². The van der Waals surface area contributed by atoms with Gasteiger partial charge in [0.25, 0.3) is 0 Å². The zero-order valence-electron chi connectivity index (χ0n) is 9.80. The van der Waals surface area contributed by atoms with Crippen molar-refractivity contribution >= 4 is 17.9 Å². The smallest absolute Gasteiger partial charge is 0.347 e. The van der Waals surface area contributed by atoms with E-state index in [1.807, 2.05) is 0 Å². The van der Waals surface area contributed by atoms with Crippen LogP contribution in [0.4, 0.5) is 0 Å². The lowest BCUT2D eigenvalue weighted by Crippen LogP contribution is -2.27. The van der Waals surface area contributed by atoms with Crippen molar-refractivity contribution in [3.05, 3.63) is 0 Å². The maximum atomic E-state index is 11.2. The van der Waals surface area contributed by atoms with Gasteiger partial charge < -0.3 is 19.3 Å². The van der Waals surface area contributed by atoms with Crippen LogP contribution in [0.25, 0.3) is 0 Å². The predicted octanol–water partition coefficient (Wildman–Crippen LogP) is -0.0275. The summed E-state index contributed by atoms with van der Waals surface area (Å²) in [6.45, 7) is 1.69. The summed E-state index contributed by atoms with van der Waals surface area (Å²) in [5.74, 6) is -2.54. The highest BCUT2D eigenvalue weighted by Gasteiger charge is 2.19. The van der Waals surface area contributed by atoms with Crippen LogP contribution in [0.2, 0.25) is 0 Å². The van der Waals surface area contributed by atoms with Crippen LogP contribution in [-0.2, 0) is 28.6 Å². The summed E-state index contributed by atoms with van der Waals surface area (Å²) in [5, 5.41) is 8.34. The summed E-state index contributed by atoms with van der Waals surface area (Å²) in [5.41, 5.74) is 0. The largest absolute Gasteiger partial charge is 0.481 e. The topological polar surface area (TPSA) is 99.1 Å². The van der Waals surface area contributed by atoms with Crippen LogP contribution in [0.15, 0.2) is 0 Å². The van der Waals surface area contributed by atoms with Gasteiger partial charge in [-0.15, -0.1) is 0 Å². The molecule has 1 N–H and O–H groups in total. The minimum absolute atomic E-state index is 0.0757. The summed E-state index contributed by atoms with van der Waals surface area (Å²) < 4.78 is 14.1. The van der Waals surface area contributed by atoms with Gasteiger partial charge in [-0.1, -0.05) is 0 Å². The lowest BCUT2D eigenvalue weighted by atomic mass is 10.3. The third-order valence-corrected chi connectivity index (χ3v) is 1.71. The van der Waals surface area contributed by atoms with Crippen LogP contribution in [0.1, 0.15) is 19.8 Å². The van der Waals surface area contributed by atoms with E-state index in [1.165, 1.54) is 14.0 Å². The molecule has 17 heavy (non-hydrogen) atoms. The average molecular weight is 248 g/mol. The van der Waals surface area contributed by atoms with E-state index in [9.17, 15) is 14.4 Å². The number of carboxylic acids is 1. The Balaban J connectivity index is 3.82. The number of rotatable bonds is 8. The average Bonchev–Trinajstić information content (AvgIpc) is 2.26. The van der Waals surface area contributed by atoms with Crippen molar-refractivity contribution in [2.45, 2.75) is 25.9 Å². The second-order valence-corrected chi connectivity index (χ2v) is 3.19. The number of carboxylic acid groups (broad SMARTS) is 1. The molecular formula is C10H16O7. The molecule has 0 fully saturated rings. The summed E-state index contributed by atoms with van der Waals surface area (Å²) in [7, 11) is 1.46. The summed E-state index contributed by atoms with van der Waals surface area (Å²) >= 11 is 0. The molecule has 0 aliphatic heterocycles. The van der Waals surface area contributed by atoms with Gasteiger partial charge in [0.15, 0.2) is 6.10 Å². The first kappa shape index (κ1) is 15.4. The quantitative estimate of drug-likeness (QED) is 0.475. The maximum Gasteiger partial charge on any atom is 0.347 e. The molecule has 0 aliphatic rings. The minimum Gasteiger partial charge on any atom is -0.481 e. The molecule has 7 nitrogen and oxygen atoms in total. The van der Waals surface area contributed by atoms with Crippen molar-refractivity contribution in [2.24, 2.45) is 0 Å². The number of methoxy groups -OCH3 is 1. The van der Waals surface area contributed by atoms with Crippen molar-refractivity contribution in [1.29, 1.82) is 0 Å². The first-order chi connectivity index (χ1) is 7.97. The molecule has 0 amide bonds. The lowest BCUT2D eigenvalue weighted by Gasteiger charge is -2.12. The summed E-state index contributed by atoms with van der Waals surface area (Å²) in [6.07, 6.45) is -1.65. The van der Waals surface area contributed by atoms with E-state index in [4.69, 9.17) is 9.84 Å². The van der Waals surface area contributed by atoms with E-state index < -0.39 is 24.0 Å². The molecule has 0 rings (SSSR count). The van der Waals surface area contributed by atoms with Crippen molar-refractivity contribution in [2.75, 3.05) is 20.3 Å². The molecular weight excluding hydrogens is 232 g/mol. The molecule has 0 aliphatic carbocycles. The number of ether oxygens (including phenoxy) is 3. The van der Waals surface area contributed by atoms with E-state index in [0.717, 1.165) is 0 Å². The molecule has 1 unspecified atom stereocenters. The highest BCUT2D eigenvalue weighted by atomic mass is 16.6. The number of carbonyl (C=O) groups is 3. The Morgan fingerprint density at radius 2 is 1.82 bits per heavy atom. The fourth-order valence-electron chi connectivity index (χ4n) is 0.856. The molecule has 0 heterocycles. The molecule has 0 aromatic heterocycles.